The number of rotatable bonds is 4. The average molecular weight is 340 g/mol. The molecular formula is C20H28N4O. The second-order valence-corrected chi connectivity index (χ2v) is 7.72. The van der Waals surface area contributed by atoms with Gasteiger partial charge < -0.3 is 14.6 Å². The van der Waals surface area contributed by atoms with Gasteiger partial charge in [0.1, 0.15) is 0 Å². The minimum Gasteiger partial charge on any atom is -0.380 e. The van der Waals surface area contributed by atoms with Crippen LogP contribution in [0.5, 0.6) is 0 Å². The molecule has 2 atom stereocenters. The fourth-order valence-corrected chi connectivity index (χ4v) is 4.28. The summed E-state index contributed by atoms with van der Waals surface area (Å²) in [5.74, 6) is 0. The van der Waals surface area contributed by atoms with Crippen LogP contribution in [0.3, 0.4) is 0 Å². The first-order valence-corrected chi connectivity index (χ1v) is 9.27. The van der Waals surface area contributed by atoms with Crippen molar-refractivity contribution in [2.45, 2.75) is 44.4 Å². The van der Waals surface area contributed by atoms with Crippen molar-refractivity contribution in [3.8, 4) is 0 Å². The van der Waals surface area contributed by atoms with E-state index in [2.05, 4.69) is 58.0 Å². The first-order valence-electron chi connectivity index (χ1n) is 9.27. The minimum absolute atomic E-state index is 0.0122. The van der Waals surface area contributed by atoms with Gasteiger partial charge in [-0.05, 0) is 50.4 Å². The van der Waals surface area contributed by atoms with Crippen LogP contribution in [0.2, 0.25) is 0 Å². The van der Waals surface area contributed by atoms with Crippen molar-refractivity contribution < 1.29 is 4.74 Å². The number of benzene rings is 1. The van der Waals surface area contributed by atoms with Crippen LogP contribution in [-0.2, 0) is 18.3 Å². The van der Waals surface area contributed by atoms with Crippen LogP contribution in [0.1, 0.15) is 30.5 Å². The molecule has 1 spiro atoms. The van der Waals surface area contributed by atoms with Crippen LogP contribution in [0.25, 0.3) is 0 Å². The number of likely N-dealkylation sites (tertiary alicyclic amines) is 1. The molecular weight excluding hydrogens is 312 g/mol. The smallest absolute Gasteiger partial charge is 0.0945 e. The fraction of sp³-hybridized carbons (Fsp3) is 0.550. The van der Waals surface area contributed by atoms with Crippen molar-refractivity contribution in [1.29, 1.82) is 0 Å². The molecule has 2 saturated heterocycles. The SMILES string of the molecule is Cc1cccc(NC2COC3(CCCN(Cc4cncn4C)C3)C2)c1. The summed E-state index contributed by atoms with van der Waals surface area (Å²) in [5, 5.41) is 3.67. The van der Waals surface area contributed by atoms with Crippen LogP contribution >= 0.6 is 0 Å². The lowest BCUT2D eigenvalue weighted by atomic mass is 9.88. The van der Waals surface area contributed by atoms with Crippen molar-refractivity contribution in [3.63, 3.8) is 0 Å². The molecule has 2 aliphatic rings. The van der Waals surface area contributed by atoms with E-state index >= 15 is 0 Å². The number of piperidine rings is 1. The van der Waals surface area contributed by atoms with E-state index in [4.69, 9.17) is 4.74 Å². The monoisotopic (exact) mass is 340 g/mol. The van der Waals surface area contributed by atoms with Gasteiger partial charge in [-0.1, -0.05) is 12.1 Å². The largest absolute Gasteiger partial charge is 0.380 e. The van der Waals surface area contributed by atoms with Crippen molar-refractivity contribution >= 4 is 5.69 Å². The van der Waals surface area contributed by atoms with Crippen LogP contribution in [0, 0.1) is 6.92 Å². The number of hydrogen-bond acceptors (Lipinski definition) is 4. The van der Waals surface area contributed by atoms with E-state index in [-0.39, 0.29) is 5.60 Å². The second kappa shape index (κ2) is 6.81. The number of aromatic nitrogens is 2. The molecule has 0 bridgehead atoms. The Morgan fingerprint density at radius 2 is 2.32 bits per heavy atom. The number of nitrogens with zero attached hydrogens (tertiary/aromatic N) is 3. The molecule has 1 aromatic carbocycles. The van der Waals surface area contributed by atoms with E-state index in [0.29, 0.717) is 6.04 Å². The summed E-state index contributed by atoms with van der Waals surface area (Å²) in [6.45, 7) is 6.05. The van der Waals surface area contributed by atoms with Gasteiger partial charge in [0, 0.05) is 32.0 Å². The molecule has 4 rings (SSSR count). The molecule has 2 unspecified atom stereocenters. The molecule has 0 aliphatic carbocycles. The van der Waals surface area contributed by atoms with Crippen LogP contribution in [-0.4, -0.2) is 45.8 Å². The van der Waals surface area contributed by atoms with Gasteiger partial charge in [-0.3, -0.25) is 4.90 Å². The maximum atomic E-state index is 6.35. The zero-order valence-corrected chi connectivity index (χ0v) is 15.2. The quantitative estimate of drug-likeness (QED) is 0.929. The molecule has 0 amide bonds. The Bertz CT molecular complexity index is 728. The predicted octanol–water partition coefficient (Wildman–Crippen LogP) is 2.96. The van der Waals surface area contributed by atoms with Gasteiger partial charge in [0.25, 0.3) is 0 Å². The van der Waals surface area contributed by atoms with Gasteiger partial charge >= 0.3 is 0 Å². The lowest BCUT2D eigenvalue weighted by Gasteiger charge is -2.39. The third-order valence-electron chi connectivity index (χ3n) is 5.52. The lowest BCUT2D eigenvalue weighted by molar-refractivity contribution is -0.0537. The van der Waals surface area contributed by atoms with E-state index in [9.17, 15) is 0 Å². The number of nitrogens with one attached hydrogen (secondary N) is 1. The standard InChI is InChI=1S/C20H28N4O/c1-16-5-3-6-17(9-16)22-18-10-20(25-13-18)7-4-8-24(14-20)12-19-11-21-15-23(19)2/h3,5-6,9,11,15,18,22H,4,7-8,10,12-14H2,1-2H3. The minimum atomic E-state index is 0.0122. The third kappa shape index (κ3) is 3.72. The van der Waals surface area contributed by atoms with Crippen molar-refractivity contribution in [2.24, 2.45) is 7.05 Å². The Balaban J connectivity index is 1.38. The predicted molar refractivity (Wildman–Crippen MR) is 99.6 cm³/mol. The maximum absolute atomic E-state index is 6.35. The van der Waals surface area contributed by atoms with Crippen LogP contribution < -0.4 is 5.32 Å². The Morgan fingerprint density at radius 1 is 1.40 bits per heavy atom. The van der Waals surface area contributed by atoms with E-state index in [1.54, 1.807) is 0 Å². The molecule has 5 nitrogen and oxygen atoms in total. The zero-order valence-electron chi connectivity index (χ0n) is 15.2. The normalized spacial score (nSPS) is 27.0. The first kappa shape index (κ1) is 16.6. The molecule has 0 radical (unpaired) electrons. The second-order valence-electron chi connectivity index (χ2n) is 7.72. The molecule has 1 N–H and O–H groups in total. The highest BCUT2D eigenvalue weighted by molar-refractivity contribution is 5.46. The summed E-state index contributed by atoms with van der Waals surface area (Å²) in [6.07, 6.45) is 7.31. The molecule has 134 valence electrons. The number of imidazole rings is 1. The average Bonchev–Trinajstić information content (AvgIpc) is 3.15. The molecule has 3 heterocycles. The van der Waals surface area contributed by atoms with E-state index < -0.39 is 0 Å². The molecule has 25 heavy (non-hydrogen) atoms. The van der Waals surface area contributed by atoms with E-state index in [1.807, 2.05) is 12.5 Å². The summed E-state index contributed by atoms with van der Waals surface area (Å²) in [6, 6.07) is 9.00. The first-order chi connectivity index (χ1) is 12.1. The van der Waals surface area contributed by atoms with Crippen molar-refractivity contribution in [1.82, 2.24) is 14.5 Å². The Morgan fingerprint density at radius 3 is 3.12 bits per heavy atom. The van der Waals surface area contributed by atoms with Crippen LogP contribution in [0.15, 0.2) is 36.8 Å². The van der Waals surface area contributed by atoms with Crippen LogP contribution in [0.4, 0.5) is 5.69 Å². The summed E-state index contributed by atoms with van der Waals surface area (Å²) < 4.78 is 8.46. The zero-order chi connectivity index (χ0) is 17.3. The molecule has 2 aliphatic heterocycles. The van der Waals surface area contributed by atoms with Gasteiger partial charge in [0.15, 0.2) is 0 Å². The fourth-order valence-electron chi connectivity index (χ4n) is 4.28. The highest BCUT2D eigenvalue weighted by atomic mass is 16.5. The van der Waals surface area contributed by atoms with Gasteiger partial charge in [0.2, 0.25) is 0 Å². The summed E-state index contributed by atoms with van der Waals surface area (Å²) in [7, 11) is 2.07. The Kier molecular flexibility index (Phi) is 4.52. The number of aryl methyl sites for hydroxylation is 2. The summed E-state index contributed by atoms with van der Waals surface area (Å²) >= 11 is 0. The Labute approximate surface area is 150 Å². The van der Waals surface area contributed by atoms with Gasteiger partial charge in [0.05, 0.1) is 30.3 Å². The topological polar surface area (TPSA) is 42.3 Å². The summed E-state index contributed by atoms with van der Waals surface area (Å²) in [4.78, 5) is 6.76. The van der Waals surface area contributed by atoms with Gasteiger partial charge in [-0.25, -0.2) is 4.98 Å². The van der Waals surface area contributed by atoms with Gasteiger partial charge in [-0.2, -0.15) is 0 Å². The molecule has 0 saturated carbocycles. The molecule has 1 aromatic heterocycles. The number of anilines is 1. The Hall–Kier alpha value is -1.85. The molecule has 2 fully saturated rings. The maximum Gasteiger partial charge on any atom is 0.0945 e. The molecule has 2 aromatic rings. The number of hydrogen-bond donors (Lipinski definition) is 1. The van der Waals surface area contributed by atoms with Crippen molar-refractivity contribution in [3.05, 3.63) is 48.0 Å². The van der Waals surface area contributed by atoms with E-state index in [1.165, 1.54) is 29.8 Å². The van der Waals surface area contributed by atoms with E-state index in [0.717, 1.165) is 32.7 Å². The lowest BCUT2D eigenvalue weighted by Crippen LogP contribution is -2.47. The van der Waals surface area contributed by atoms with Crippen molar-refractivity contribution in [2.75, 3.05) is 25.0 Å². The van der Waals surface area contributed by atoms with Gasteiger partial charge in [-0.15, -0.1) is 0 Å². The highest BCUT2D eigenvalue weighted by Crippen LogP contribution is 2.36. The summed E-state index contributed by atoms with van der Waals surface area (Å²) in [5.41, 5.74) is 3.77. The third-order valence-corrected chi connectivity index (χ3v) is 5.52. The highest BCUT2D eigenvalue weighted by Gasteiger charge is 2.43. The number of ether oxygens (including phenoxy) is 1. The molecule has 5 heteroatoms.